The molecule has 0 aliphatic carbocycles. The van der Waals surface area contributed by atoms with Crippen LogP contribution in [0.5, 0.6) is 0 Å². The van der Waals surface area contributed by atoms with E-state index in [1.165, 1.54) is 0 Å². The Morgan fingerprint density at radius 2 is 2.00 bits per heavy atom. The van der Waals surface area contributed by atoms with E-state index in [4.69, 9.17) is 16.3 Å². The van der Waals surface area contributed by atoms with E-state index >= 15 is 0 Å². The maximum absolute atomic E-state index is 12.8. The molecule has 2 heterocycles. The Morgan fingerprint density at radius 3 is 2.68 bits per heavy atom. The van der Waals surface area contributed by atoms with Crippen molar-refractivity contribution in [3.63, 3.8) is 0 Å². The van der Waals surface area contributed by atoms with E-state index in [9.17, 15) is 9.59 Å². The van der Waals surface area contributed by atoms with Crippen LogP contribution in [-0.2, 0) is 9.53 Å². The number of benzene rings is 1. The average molecular weight is 365 g/mol. The molecule has 136 valence electrons. The van der Waals surface area contributed by atoms with Gasteiger partial charge in [-0.25, -0.2) is 4.79 Å². The molecule has 1 aromatic rings. The normalized spacial score (nSPS) is 23.6. The number of piperazine rings is 1. The van der Waals surface area contributed by atoms with Crippen molar-refractivity contribution in [1.29, 1.82) is 0 Å². The van der Waals surface area contributed by atoms with Gasteiger partial charge in [-0.05, 0) is 51.3 Å². The molecule has 0 saturated carbocycles. The number of carbonyl (C=O) groups is 2. The number of hydrogen-bond donors (Lipinski definition) is 0. The van der Waals surface area contributed by atoms with Crippen molar-refractivity contribution in [3.05, 3.63) is 34.3 Å². The van der Waals surface area contributed by atoms with Crippen LogP contribution in [0.25, 0.3) is 0 Å². The van der Waals surface area contributed by atoms with Crippen molar-refractivity contribution in [2.45, 2.75) is 58.2 Å². The lowest BCUT2D eigenvalue weighted by molar-refractivity contribution is -0.132. The van der Waals surface area contributed by atoms with E-state index in [-0.39, 0.29) is 24.1 Å². The Kier molecular flexibility index (Phi) is 4.71. The highest BCUT2D eigenvalue weighted by molar-refractivity contribution is 6.31. The van der Waals surface area contributed by atoms with Gasteiger partial charge in [0.25, 0.3) is 0 Å². The van der Waals surface area contributed by atoms with E-state index in [1.807, 2.05) is 50.8 Å². The van der Waals surface area contributed by atoms with E-state index in [1.54, 1.807) is 4.90 Å². The second-order valence-electron chi connectivity index (χ2n) is 7.77. The van der Waals surface area contributed by atoms with Crippen LogP contribution in [0.1, 0.15) is 50.8 Å². The molecular formula is C19H25ClN2O3. The number of fused-ring (bicyclic) bond motifs is 1. The van der Waals surface area contributed by atoms with Crippen molar-refractivity contribution in [1.82, 2.24) is 9.80 Å². The fourth-order valence-electron chi connectivity index (χ4n) is 3.78. The summed E-state index contributed by atoms with van der Waals surface area (Å²) in [5.41, 5.74) is 1.37. The van der Waals surface area contributed by atoms with Gasteiger partial charge in [0, 0.05) is 24.5 Å². The molecule has 1 aromatic carbocycles. The Bertz CT molecular complexity index is 698. The van der Waals surface area contributed by atoms with Gasteiger partial charge in [-0.2, -0.15) is 0 Å². The highest BCUT2D eigenvalue weighted by Gasteiger charge is 2.46. The topological polar surface area (TPSA) is 49.9 Å². The first kappa shape index (κ1) is 18.1. The maximum Gasteiger partial charge on any atom is 0.410 e. The molecule has 2 unspecified atom stereocenters. The molecule has 0 radical (unpaired) electrons. The second kappa shape index (κ2) is 6.52. The zero-order valence-corrected chi connectivity index (χ0v) is 16.0. The van der Waals surface area contributed by atoms with Crippen LogP contribution in [-0.4, -0.2) is 46.5 Å². The Hall–Kier alpha value is -1.75. The first-order valence-corrected chi connectivity index (χ1v) is 9.11. The monoisotopic (exact) mass is 364 g/mol. The molecule has 2 fully saturated rings. The Balaban J connectivity index is 2.00. The minimum atomic E-state index is -0.562. The number of carbonyl (C=O) groups excluding carboxylic acids is 2. The summed E-state index contributed by atoms with van der Waals surface area (Å²) in [6, 6.07) is 5.49. The molecule has 3 rings (SSSR count). The van der Waals surface area contributed by atoms with Gasteiger partial charge in [-0.3, -0.25) is 9.69 Å². The van der Waals surface area contributed by atoms with Crippen molar-refractivity contribution in [3.8, 4) is 0 Å². The predicted octanol–water partition coefficient (Wildman–Crippen LogP) is 3.93. The Morgan fingerprint density at radius 1 is 1.28 bits per heavy atom. The number of ether oxygens (including phenoxy) is 1. The van der Waals surface area contributed by atoms with E-state index in [2.05, 4.69) is 0 Å². The van der Waals surface area contributed by atoms with Gasteiger partial charge in [0.1, 0.15) is 5.60 Å². The van der Waals surface area contributed by atoms with Gasteiger partial charge < -0.3 is 9.64 Å². The summed E-state index contributed by atoms with van der Waals surface area (Å²) in [5, 5.41) is 0.670. The van der Waals surface area contributed by atoms with Crippen LogP contribution in [0.15, 0.2) is 18.2 Å². The minimum absolute atomic E-state index is 0.0223. The molecule has 0 bridgehead atoms. The van der Waals surface area contributed by atoms with Crippen LogP contribution in [0.3, 0.4) is 0 Å². The first-order valence-electron chi connectivity index (χ1n) is 8.73. The quantitative estimate of drug-likeness (QED) is 0.758. The predicted molar refractivity (Wildman–Crippen MR) is 96.6 cm³/mol. The summed E-state index contributed by atoms with van der Waals surface area (Å²) < 4.78 is 5.62. The van der Waals surface area contributed by atoms with Gasteiger partial charge >= 0.3 is 6.09 Å². The molecular weight excluding hydrogens is 340 g/mol. The van der Waals surface area contributed by atoms with E-state index in [0.29, 0.717) is 24.5 Å². The summed E-state index contributed by atoms with van der Waals surface area (Å²) in [6.07, 6.45) is 0.938. The fourth-order valence-corrected chi connectivity index (χ4v) is 3.96. The molecule has 0 spiro atoms. The van der Waals surface area contributed by atoms with Gasteiger partial charge in [0.2, 0.25) is 5.91 Å². The third kappa shape index (κ3) is 3.47. The molecule has 6 heteroatoms. The fraction of sp³-hybridized carbons (Fsp3) is 0.579. The Labute approximate surface area is 153 Å². The highest BCUT2D eigenvalue weighted by atomic mass is 35.5. The lowest BCUT2D eigenvalue weighted by atomic mass is 9.91. The number of hydrogen-bond acceptors (Lipinski definition) is 3. The second-order valence-corrected chi connectivity index (χ2v) is 8.17. The van der Waals surface area contributed by atoms with Crippen molar-refractivity contribution in [2.24, 2.45) is 0 Å². The van der Waals surface area contributed by atoms with Crippen molar-refractivity contribution in [2.75, 3.05) is 13.1 Å². The third-order valence-electron chi connectivity index (χ3n) is 4.91. The molecule has 0 N–H and O–H groups in total. The van der Waals surface area contributed by atoms with Crippen molar-refractivity contribution >= 4 is 23.6 Å². The summed E-state index contributed by atoms with van der Waals surface area (Å²) >= 11 is 6.32. The highest BCUT2D eigenvalue weighted by Crippen LogP contribution is 2.40. The molecule has 25 heavy (non-hydrogen) atoms. The number of halogens is 1. The summed E-state index contributed by atoms with van der Waals surface area (Å²) in [7, 11) is 0. The molecule has 2 saturated heterocycles. The number of rotatable bonds is 1. The van der Waals surface area contributed by atoms with Crippen LogP contribution in [0.2, 0.25) is 5.02 Å². The maximum atomic E-state index is 12.8. The number of amides is 2. The summed E-state index contributed by atoms with van der Waals surface area (Å²) in [4.78, 5) is 28.7. The van der Waals surface area contributed by atoms with Gasteiger partial charge in [-0.15, -0.1) is 0 Å². The van der Waals surface area contributed by atoms with Gasteiger partial charge in [-0.1, -0.05) is 23.7 Å². The molecule has 5 nitrogen and oxygen atoms in total. The van der Waals surface area contributed by atoms with E-state index < -0.39 is 5.60 Å². The lowest BCUT2D eigenvalue weighted by Crippen LogP contribution is -2.56. The summed E-state index contributed by atoms with van der Waals surface area (Å²) in [5.74, 6) is 0.165. The standard InChI is InChI=1S/C19H25ClN2O3/c1-12-13(6-5-7-14(12)20)17-15-8-9-16(23)21(15)10-11-22(17)18(24)25-19(2,3)4/h5-7,15,17H,8-11H2,1-4H3. The van der Waals surface area contributed by atoms with E-state index in [0.717, 1.165) is 17.5 Å². The van der Waals surface area contributed by atoms with Crippen LogP contribution in [0.4, 0.5) is 4.79 Å². The lowest BCUT2D eigenvalue weighted by Gasteiger charge is -2.45. The number of nitrogens with zero attached hydrogens (tertiary/aromatic N) is 2. The largest absolute Gasteiger partial charge is 0.444 e. The average Bonchev–Trinajstić information content (AvgIpc) is 2.89. The van der Waals surface area contributed by atoms with Crippen LogP contribution < -0.4 is 0 Å². The summed E-state index contributed by atoms with van der Waals surface area (Å²) in [6.45, 7) is 8.56. The third-order valence-corrected chi connectivity index (χ3v) is 5.32. The first-order chi connectivity index (χ1) is 11.7. The van der Waals surface area contributed by atoms with Crippen LogP contribution >= 0.6 is 11.6 Å². The minimum Gasteiger partial charge on any atom is -0.444 e. The van der Waals surface area contributed by atoms with Crippen molar-refractivity contribution < 1.29 is 14.3 Å². The van der Waals surface area contributed by atoms with Crippen LogP contribution in [0, 0.1) is 6.92 Å². The zero-order valence-electron chi connectivity index (χ0n) is 15.2. The molecule has 2 aliphatic heterocycles. The van der Waals surface area contributed by atoms with Gasteiger partial charge in [0.05, 0.1) is 12.1 Å². The molecule has 2 aliphatic rings. The molecule has 0 aromatic heterocycles. The molecule has 2 atom stereocenters. The SMILES string of the molecule is Cc1c(Cl)cccc1C1C2CCC(=O)N2CCN1C(=O)OC(C)(C)C. The molecule has 2 amide bonds. The smallest absolute Gasteiger partial charge is 0.410 e. The zero-order chi connectivity index (χ0) is 18.4. The van der Waals surface area contributed by atoms with Gasteiger partial charge in [0.15, 0.2) is 0 Å².